The molecule has 146 valence electrons. The van der Waals surface area contributed by atoms with Gasteiger partial charge in [-0.05, 0) is 48.5 Å². The zero-order valence-corrected chi connectivity index (χ0v) is 16.7. The highest BCUT2D eigenvalue weighted by molar-refractivity contribution is 6.21. The highest BCUT2D eigenvalue weighted by atomic mass is 16.3. The van der Waals surface area contributed by atoms with E-state index in [1.54, 1.807) is 0 Å². The molecule has 0 saturated heterocycles. The van der Waals surface area contributed by atoms with Gasteiger partial charge in [-0.3, -0.25) is 0 Å². The average Bonchev–Trinajstić information content (AvgIpc) is 3.46. The fraction of sp³-hybridized carbons (Fsp3) is 0. The molecule has 3 heterocycles. The van der Waals surface area contributed by atoms with Crippen LogP contribution in [0.15, 0.2) is 114 Å². The smallest absolute Gasteiger partial charge is 0.163 e. The van der Waals surface area contributed by atoms with Crippen molar-refractivity contribution in [3.05, 3.63) is 109 Å². The molecule has 0 spiro atoms. The summed E-state index contributed by atoms with van der Waals surface area (Å²) in [6, 6.07) is 38.0. The van der Waals surface area contributed by atoms with Crippen LogP contribution in [0.3, 0.4) is 0 Å². The predicted molar refractivity (Wildman–Crippen MR) is 127 cm³/mol. The molecule has 31 heavy (non-hydrogen) atoms. The van der Waals surface area contributed by atoms with Crippen molar-refractivity contribution in [2.45, 2.75) is 0 Å². The number of fused-ring (bicyclic) bond motifs is 7. The molecule has 0 unspecified atom stereocenters. The number of nitrogens with zero attached hydrogens (tertiary/aromatic N) is 2. The SMILES string of the molecule is c1ccc(-n2c3ccccc3c3oc4c5ccccc5n(-c5ccccc5)c4c32)cc1. The molecular weight excluding hydrogens is 380 g/mol. The van der Waals surface area contributed by atoms with Gasteiger partial charge in [0, 0.05) is 22.1 Å². The molecule has 3 nitrogen and oxygen atoms in total. The molecule has 3 aromatic heterocycles. The Balaban J connectivity index is 1.78. The molecule has 4 aromatic carbocycles. The Morgan fingerprint density at radius 3 is 1.26 bits per heavy atom. The molecule has 0 saturated carbocycles. The van der Waals surface area contributed by atoms with Crippen LogP contribution < -0.4 is 0 Å². The van der Waals surface area contributed by atoms with Crippen LogP contribution in [-0.4, -0.2) is 9.13 Å². The third-order valence-electron chi connectivity index (χ3n) is 6.11. The Kier molecular flexibility index (Phi) is 3.27. The summed E-state index contributed by atoms with van der Waals surface area (Å²) in [5.74, 6) is 0. The van der Waals surface area contributed by atoms with Gasteiger partial charge < -0.3 is 13.6 Å². The van der Waals surface area contributed by atoms with Gasteiger partial charge >= 0.3 is 0 Å². The Morgan fingerprint density at radius 2 is 0.806 bits per heavy atom. The summed E-state index contributed by atoms with van der Waals surface area (Å²) < 4.78 is 11.3. The Morgan fingerprint density at radius 1 is 0.419 bits per heavy atom. The number of aromatic nitrogens is 2. The molecule has 0 radical (unpaired) electrons. The topological polar surface area (TPSA) is 23.0 Å². The van der Waals surface area contributed by atoms with E-state index in [9.17, 15) is 0 Å². The quantitative estimate of drug-likeness (QED) is 0.296. The first-order valence-electron chi connectivity index (χ1n) is 10.5. The van der Waals surface area contributed by atoms with Crippen LogP contribution in [0.2, 0.25) is 0 Å². The molecule has 3 heteroatoms. The minimum absolute atomic E-state index is 0.930. The second-order valence-electron chi connectivity index (χ2n) is 7.83. The van der Waals surface area contributed by atoms with Gasteiger partial charge in [0.25, 0.3) is 0 Å². The van der Waals surface area contributed by atoms with E-state index in [-0.39, 0.29) is 0 Å². The average molecular weight is 398 g/mol. The van der Waals surface area contributed by atoms with Gasteiger partial charge in [-0.1, -0.05) is 60.7 Å². The lowest BCUT2D eigenvalue weighted by Gasteiger charge is -2.09. The third kappa shape index (κ3) is 2.18. The molecule has 0 aliphatic heterocycles. The van der Waals surface area contributed by atoms with Crippen molar-refractivity contribution in [1.82, 2.24) is 9.13 Å². The van der Waals surface area contributed by atoms with Crippen LogP contribution in [0.1, 0.15) is 0 Å². The van der Waals surface area contributed by atoms with Crippen molar-refractivity contribution in [1.29, 1.82) is 0 Å². The maximum atomic E-state index is 6.64. The van der Waals surface area contributed by atoms with Gasteiger partial charge in [0.05, 0.1) is 11.0 Å². The van der Waals surface area contributed by atoms with Gasteiger partial charge in [-0.2, -0.15) is 0 Å². The van der Waals surface area contributed by atoms with E-state index < -0.39 is 0 Å². The highest BCUT2D eigenvalue weighted by Gasteiger charge is 2.25. The molecule has 0 aliphatic rings. The van der Waals surface area contributed by atoms with Crippen LogP contribution in [-0.2, 0) is 0 Å². The van der Waals surface area contributed by atoms with E-state index in [0.717, 1.165) is 55.4 Å². The van der Waals surface area contributed by atoms with E-state index >= 15 is 0 Å². The van der Waals surface area contributed by atoms with Crippen LogP contribution in [0, 0.1) is 0 Å². The molecule has 0 aliphatic carbocycles. The van der Waals surface area contributed by atoms with Crippen molar-refractivity contribution in [3.63, 3.8) is 0 Å². The summed E-state index contributed by atoms with van der Waals surface area (Å²) in [6.07, 6.45) is 0. The normalized spacial score (nSPS) is 11.9. The first-order valence-corrected chi connectivity index (χ1v) is 10.5. The summed E-state index contributed by atoms with van der Waals surface area (Å²) in [5, 5.41) is 2.25. The standard InChI is InChI=1S/C28H18N2O/c1-3-11-19(12-4-1)29-23-17-9-7-15-21(23)27-25(29)26-28(31-27)22-16-8-10-18-24(22)30(26)20-13-5-2-6-14-20/h1-18H. The van der Waals surface area contributed by atoms with Crippen molar-refractivity contribution < 1.29 is 4.42 Å². The zero-order chi connectivity index (χ0) is 20.4. The lowest BCUT2D eigenvalue weighted by molar-refractivity contribution is 0.676. The first kappa shape index (κ1) is 16.5. The molecular formula is C28H18N2O. The largest absolute Gasteiger partial charge is 0.451 e. The lowest BCUT2D eigenvalue weighted by Crippen LogP contribution is -1.97. The predicted octanol–water partition coefficient (Wildman–Crippen LogP) is 7.47. The Bertz CT molecular complexity index is 1590. The fourth-order valence-electron chi connectivity index (χ4n) is 4.85. The van der Waals surface area contributed by atoms with E-state index in [1.165, 1.54) is 0 Å². The molecule has 7 rings (SSSR count). The summed E-state index contributed by atoms with van der Waals surface area (Å²) in [6.45, 7) is 0. The Hall–Kier alpha value is -4.24. The second-order valence-corrected chi connectivity index (χ2v) is 7.83. The molecule has 7 aromatic rings. The molecule has 0 fully saturated rings. The Labute approximate surface area is 178 Å². The van der Waals surface area contributed by atoms with Gasteiger partial charge in [0.2, 0.25) is 0 Å². The molecule has 0 amide bonds. The fourth-order valence-corrected chi connectivity index (χ4v) is 4.85. The summed E-state index contributed by atoms with van der Waals surface area (Å²) in [5.41, 5.74) is 8.61. The van der Waals surface area contributed by atoms with E-state index in [2.05, 4.69) is 118 Å². The number of hydrogen-bond acceptors (Lipinski definition) is 1. The summed E-state index contributed by atoms with van der Waals surface area (Å²) >= 11 is 0. The molecule has 0 bridgehead atoms. The van der Waals surface area contributed by atoms with Crippen LogP contribution >= 0.6 is 0 Å². The number of hydrogen-bond donors (Lipinski definition) is 0. The van der Waals surface area contributed by atoms with Gasteiger partial charge in [0.15, 0.2) is 11.2 Å². The van der Waals surface area contributed by atoms with Gasteiger partial charge in [-0.25, -0.2) is 0 Å². The number of benzene rings is 4. The van der Waals surface area contributed by atoms with Crippen molar-refractivity contribution in [3.8, 4) is 11.4 Å². The number of furan rings is 1. The summed E-state index contributed by atoms with van der Waals surface area (Å²) in [4.78, 5) is 0. The van der Waals surface area contributed by atoms with Crippen LogP contribution in [0.4, 0.5) is 0 Å². The minimum Gasteiger partial charge on any atom is -0.451 e. The first-order chi connectivity index (χ1) is 15.4. The third-order valence-corrected chi connectivity index (χ3v) is 6.11. The van der Waals surface area contributed by atoms with Gasteiger partial charge in [-0.15, -0.1) is 0 Å². The molecule has 0 N–H and O–H groups in total. The lowest BCUT2D eigenvalue weighted by atomic mass is 10.2. The van der Waals surface area contributed by atoms with E-state index in [0.29, 0.717) is 0 Å². The monoisotopic (exact) mass is 398 g/mol. The van der Waals surface area contributed by atoms with Crippen LogP contribution in [0.5, 0.6) is 0 Å². The number of para-hydroxylation sites is 4. The highest BCUT2D eigenvalue weighted by Crippen LogP contribution is 2.43. The van der Waals surface area contributed by atoms with Crippen molar-refractivity contribution in [2.75, 3.05) is 0 Å². The van der Waals surface area contributed by atoms with Crippen molar-refractivity contribution >= 4 is 44.0 Å². The maximum absolute atomic E-state index is 6.64. The van der Waals surface area contributed by atoms with Crippen LogP contribution in [0.25, 0.3) is 55.4 Å². The maximum Gasteiger partial charge on any atom is 0.163 e. The zero-order valence-electron chi connectivity index (χ0n) is 16.7. The number of rotatable bonds is 2. The van der Waals surface area contributed by atoms with Crippen molar-refractivity contribution in [2.24, 2.45) is 0 Å². The second kappa shape index (κ2) is 6.13. The summed E-state index contributed by atoms with van der Waals surface area (Å²) in [7, 11) is 0. The van der Waals surface area contributed by atoms with E-state index in [1.807, 2.05) is 0 Å². The van der Waals surface area contributed by atoms with Gasteiger partial charge in [0.1, 0.15) is 11.0 Å². The molecule has 0 atom stereocenters. The van der Waals surface area contributed by atoms with E-state index in [4.69, 9.17) is 4.42 Å². The minimum atomic E-state index is 0.930.